The zero-order valence-electron chi connectivity index (χ0n) is 8.15. The Kier molecular flexibility index (Phi) is 16.4. The van der Waals surface area contributed by atoms with Crippen LogP contribution in [-0.2, 0) is 9.36 Å². The minimum atomic E-state index is -3.38. The molecule has 0 saturated heterocycles. The van der Waals surface area contributed by atoms with E-state index in [1.807, 2.05) is 0 Å². The third kappa shape index (κ3) is 14.9. The SMILES string of the molecule is CP(=O)([O-])CC[C@H](N)C(=O)[O-].[K+].[K+]. The van der Waals surface area contributed by atoms with Crippen molar-refractivity contribution in [3.8, 4) is 0 Å². The van der Waals surface area contributed by atoms with Gasteiger partial charge in [0.25, 0.3) is 0 Å². The summed E-state index contributed by atoms with van der Waals surface area (Å²) in [6.07, 6.45) is -0.276. The van der Waals surface area contributed by atoms with Gasteiger partial charge in [0.2, 0.25) is 0 Å². The largest absolute Gasteiger partial charge is 1.00 e. The van der Waals surface area contributed by atoms with E-state index in [-0.39, 0.29) is 115 Å². The molecule has 0 fully saturated rings. The summed E-state index contributed by atoms with van der Waals surface area (Å²) in [4.78, 5) is 20.5. The van der Waals surface area contributed by atoms with Gasteiger partial charge in [0.05, 0.1) is 5.97 Å². The Morgan fingerprint density at radius 1 is 1.54 bits per heavy atom. The van der Waals surface area contributed by atoms with Crippen molar-refractivity contribution in [2.24, 2.45) is 5.73 Å². The van der Waals surface area contributed by atoms with E-state index in [1.165, 1.54) is 0 Å². The number of carboxylic acid groups (broad SMARTS) is 1. The molecule has 0 aromatic carbocycles. The minimum absolute atomic E-state index is 0. The van der Waals surface area contributed by atoms with Gasteiger partial charge in [-0.2, -0.15) is 0 Å². The van der Waals surface area contributed by atoms with E-state index in [0.717, 1.165) is 6.66 Å². The van der Waals surface area contributed by atoms with E-state index in [9.17, 15) is 19.4 Å². The third-order valence-corrected chi connectivity index (χ3v) is 2.22. The molecule has 0 aliphatic carbocycles. The van der Waals surface area contributed by atoms with E-state index in [1.54, 1.807) is 0 Å². The van der Waals surface area contributed by atoms with Crippen LogP contribution in [-0.4, -0.2) is 24.8 Å². The quantitative estimate of drug-likeness (QED) is 0.397. The van der Waals surface area contributed by atoms with Gasteiger partial charge >= 0.3 is 103 Å². The number of carbonyl (C=O) groups is 1. The van der Waals surface area contributed by atoms with Crippen molar-refractivity contribution >= 4 is 13.3 Å². The smallest absolute Gasteiger partial charge is 0.799 e. The molecule has 0 rings (SSSR count). The van der Waals surface area contributed by atoms with Gasteiger partial charge in [-0.05, 0) is 19.2 Å². The fourth-order valence-corrected chi connectivity index (χ4v) is 1.24. The summed E-state index contributed by atoms with van der Waals surface area (Å²) >= 11 is 0. The molecule has 8 heteroatoms. The van der Waals surface area contributed by atoms with E-state index >= 15 is 0 Å². The molecule has 0 heterocycles. The summed E-state index contributed by atoms with van der Waals surface area (Å²) in [5, 5.41) is 9.99. The summed E-state index contributed by atoms with van der Waals surface area (Å²) in [6, 6.07) is -1.18. The van der Waals surface area contributed by atoms with Gasteiger partial charge in [-0.3, -0.25) is 0 Å². The number of carbonyl (C=O) groups excluding carboxylic acids is 1. The second kappa shape index (κ2) is 10.1. The van der Waals surface area contributed by atoms with Crippen LogP contribution in [0.15, 0.2) is 0 Å². The first-order chi connectivity index (χ1) is 4.83. The number of hydrogen-bond donors (Lipinski definition) is 1. The van der Waals surface area contributed by atoms with Crippen LogP contribution < -0.4 is 119 Å². The molecular weight excluding hydrogens is 247 g/mol. The molecule has 5 nitrogen and oxygen atoms in total. The van der Waals surface area contributed by atoms with Crippen LogP contribution in [0.1, 0.15) is 6.42 Å². The Hall–Kier alpha value is 2.89. The fraction of sp³-hybridized carbons (Fsp3) is 0.800. The molecule has 0 amide bonds. The van der Waals surface area contributed by atoms with Crippen molar-refractivity contribution in [1.29, 1.82) is 0 Å². The number of carboxylic acids is 1. The summed E-state index contributed by atoms with van der Waals surface area (Å²) in [5.41, 5.74) is 5.00. The van der Waals surface area contributed by atoms with Gasteiger partial charge in [0.1, 0.15) is 0 Å². The average molecular weight is 257 g/mol. The van der Waals surface area contributed by atoms with E-state index in [4.69, 9.17) is 5.73 Å². The zero-order chi connectivity index (χ0) is 9.07. The molecule has 13 heavy (non-hydrogen) atoms. The predicted molar refractivity (Wildman–Crippen MR) is 36.0 cm³/mol. The van der Waals surface area contributed by atoms with Gasteiger partial charge in [0, 0.05) is 13.4 Å². The number of rotatable bonds is 4. The van der Waals surface area contributed by atoms with E-state index in [0.29, 0.717) is 0 Å². The van der Waals surface area contributed by atoms with Crippen LogP contribution in [0.4, 0.5) is 0 Å². The maximum Gasteiger partial charge on any atom is 1.00 e. The summed E-state index contributed by atoms with van der Waals surface area (Å²) < 4.78 is 10.5. The van der Waals surface area contributed by atoms with Crippen molar-refractivity contribution < 1.29 is 122 Å². The van der Waals surface area contributed by atoms with Gasteiger partial charge in [-0.15, -0.1) is 0 Å². The van der Waals surface area contributed by atoms with Gasteiger partial charge < -0.3 is 25.1 Å². The molecule has 1 unspecified atom stereocenters. The normalized spacial score (nSPS) is 15.9. The van der Waals surface area contributed by atoms with Gasteiger partial charge in [-0.25, -0.2) is 0 Å². The molecule has 0 radical (unpaired) electrons. The summed E-state index contributed by atoms with van der Waals surface area (Å²) in [7, 11) is -3.38. The first-order valence-electron chi connectivity index (χ1n) is 3.07. The van der Waals surface area contributed by atoms with Crippen molar-refractivity contribution in [1.82, 2.24) is 0 Å². The second-order valence-electron chi connectivity index (χ2n) is 2.45. The van der Waals surface area contributed by atoms with Crippen LogP contribution in [0.25, 0.3) is 0 Å². The van der Waals surface area contributed by atoms with Crippen LogP contribution >= 0.6 is 7.37 Å². The van der Waals surface area contributed by atoms with Crippen LogP contribution in [0.3, 0.4) is 0 Å². The maximum absolute atomic E-state index is 10.5. The van der Waals surface area contributed by atoms with Crippen LogP contribution in [0.5, 0.6) is 0 Å². The maximum atomic E-state index is 10.5. The second-order valence-corrected chi connectivity index (χ2v) is 4.93. The molecule has 2 N–H and O–H groups in total. The molecule has 0 aliphatic rings. The predicted octanol–water partition coefficient (Wildman–Crippen LogP) is -8.27. The number of aliphatic carboxylic acids is 1. The number of hydrogen-bond acceptors (Lipinski definition) is 5. The first-order valence-corrected chi connectivity index (χ1v) is 5.32. The van der Waals surface area contributed by atoms with Crippen LogP contribution in [0.2, 0.25) is 0 Å². The van der Waals surface area contributed by atoms with Crippen molar-refractivity contribution in [2.75, 3.05) is 12.8 Å². The summed E-state index contributed by atoms with van der Waals surface area (Å²) in [5.74, 6) is -1.42. The van der Waals surface area contributed by atoms with Gasteiger partial charge in [0.15, 0.2) is 0 Å². The minimum Gasteiger partial charge on any atom is -0.799 e. The van der Waals surface area contributed by atoms with Gasteiger partial charge in [-0.1, -0.05) is 0 Å². The Balaban J connectivity index is -0.000000500. The topological polar surface area (TPSA) is 106 Å². The Morgan fingerprint density at radius 3 is 2.15 bits per heavy atom. The molecule has 0 spiro atoms. The third-order valence-electron chi connectivity index (χ3n) is 1.15. The average Bonchev–Trinajstić information content (AvgIpc) is 1.80. The van der Waals surface area contributed by atoms with Crippen molar-refractivity contribution in [2.45, 2.75) is 12.5 Å². The Bertz CT molecular complexity index is 195. The Labute approximate surface area is 163 Å². The first kappa shape index (κ1) is 21.2. The molecule has 0 saturated carbocycles. The molecule has 0 aromatic heterocycles. The van der Waals surface area contributed by atoms with Crippen molar-refractivity contribution in [3.05, 3.63) is 0 Å². The molecule has 2 atom stereocenters. The van der Waals surface area contributed by atoms with E-state index in [2.05, 4.69) is 0 Å². The zero-order valence-corrected chi connectivity index (χ0v) is 15.3. The monoisotopic (exact) mass is 257 g/mol. The number of nitrogens with two attached hydrogens (primary N) is 1. The van der Waals surface area contributed by atoms with Crippen molar-refractivity contribution in [3.63, 3.8) is 0 Å². The molecule has 0 bridgehead atoms. The van der Waals surface area contributed by atoms with Crippen LogP contribution in [0, 0.1) is 0 Å². The standard InChI is InChI=1S/C5H12NO4P.2K/c1-11(9,10)3-2-4(6)5(7)8;;/h4H,2-3,6H2,1H3,(H,7,8)(H,9,10);;/q;2*+1/p-2/t4-;;/m0../s1. The fourth-order valence-electron chi connectivity index (χ4n) is 0.491. The van der Waals surface area contributed by atoms with E-state index < -0.39 is 19.4 Å². The Morgan fingerprint density at radius 2 is 1.92 bits per heavy atom. The molecular formula is C5H10K2NO4P. The molecule has 66 valence electrons. The summed E-state index contributed by atoms with van der Waals surface area (Å²) in [6.45, 7) is 1.05. The molecule has 0 aliphatic heterocycles. The molecule has 0 aromatic rings.